The lowest BCUT2D eigenvalue weighted by molar-refractivity contribution is -0.385. The van der Waals surface area contributed by atoms with Crippen molar-refractivity contribution in [2.75, 3.05) is 18.9 Å². The second-order valence-corrected chi connectivity index (χ2v) is 5.15. The van der Waals surface area contributed by atoms with Gasteiger partial charge in [0.25, 0.3) is 11.6 Å². The normalized spacial score (nSPS) is 18.4. The molecule has 0 saturated carbocycles. The summed E-state index contributed by atoms with van der Waals surface area (Å²) in [5.41, 5.74) is 0.106. The van der Waals surface area contributed by atoms with E-state index in [-0.39, 0.29) is 23.2 Å². The molecule has 1 aliphatic heterocycles. The Hall–Kier alpha value is -2.18. The van der Waals surface area contributed by atoms with Gasteiger partial charge in [-0.3, -0.25) is 14.9 Å². The van der Waals surface area contributed by atoms with Crippen LogP contribution in [0.2, 0.25) is 0 Å². The van der Waals surface area contributed by atoms with E-state index in [9.17, 15) is 14.9 Å². The van der Waals surface area contributed by atoms with Gasteiger partial charge < -0.3 is 10.2 Å². The number of hydrogen-bond donors (Lipinski definition) is 1. The zero-order valence-electron chi connectivity index (χ0n) is 12.3. The van der Waals surface area contributed by atoms with Crippen LogP contribution in [0.5, 0.6) is 0 Å². The Bertz CT molecular complexity index is 547. The first-order chi connectivity index (χ1) is 10.1. The van der Waals surface area contributed by atoms with E-state index in [4.69, 9.17) is 0 Å². The van der Waals surface area contributed by atoms with Gasteiger partial charge >= 0.3 is 0 Å². The fourth-order valence-electron chi connectivity index (χ4n) is 2.76. The highest BCUT2D eigenvalue weighted by Crippen LogP contribution is 2.26. The van der Waals surface area contributed by atoms with E-state index in [2.05, 4.69) is 17.2 Å². The van der Waals surface area contributed by atoms with Gasteiger partial charge in [-0.25, -0.2) is 4.98 Å². The third kappa shape index (κ3) is 3.12. The van der Waals surface area contributed by atoms with Crippen LogP contribution in [-0.2, 0) is 0 Å². The molecule has 1 aromatic rings. The zero-order valence-corrected chi connectivity index (χ0v) is 12.3. The SMILES string of the molecule is CCC1CCCCN1C(=O)c1cc([N+](=O)[O-])cnc1NC. The smallest absolute Gasteiger partial charge is 0.288 e. The van der Waals surface area contributed by atoms with E-state index in [1.54, 1.807) is 7.05 Å². The summed E-state index contributed by atoms with van der Waals surface area (Å²) in [7, 11) is 1.65. The molecular weight excluding hydrogens is 272 g/mol. The van der Waals surface area contributed by atoms with Crippen molar-refractivity contribution in [2.45, 2.75) is 38.6 Å². The lowest BCUT2D eigenvalue weighted by Crippen LogP contribution is -2.43. The fraction of sp³-hybridized carbons (Fsp3) is 0.571. The highest BCUT2D eigenvalue weighted by atomic mass is 16.6. The monoisotopic (exact) mass is 292 g/mol. The molecule has 1 unspecified atom stereocenters. The number of rotatable bonds is 4. The lowest BCUT2D eigenvalue weighted by atomic mass is 9.99. The van der Waals surface area contributed by atoms with Crippen molar-refractivity contribution in [3.8, 4) is 0 Å². The maximum Gasteiger partial charge on any atom is 0.288 e. The minimum Gasteiger partial charge on any atom is -0.372 e. The highest BCUT2D eigenvalue weighted by Gasteiger charge is 2.29. The number of piperidine rings is 1. The molecule has 1 N–H and O–H groups in total. The summed E-state index contributed by atoms with van der Waals surface area (Å²) in [5.74, 6) is 0.202. The molecule has 0 bridgehead atoms. The van der Waals surface area contributed by atoms with E-state index >= 15 is 0 Å². The summed E-state index contributed by atoms with van der Waals surface area (Å²) < 4.78 is 0. The van der Waals surface area contributed by atoms with Crippen LogP contribution >= 0.6 is 0 Å². The van der Waals surface area contributed by atoms with Crippen molar-refractivity contribution in [1.82, 2.24) is 9.88 Å². The number of carbonyl (C=O) groups is 1. The Kier molecular flexibility index (Phi) is 4.72. The molecule has 0 aliphatic carbocycles. The average molecular weight is 292 g/mol. The summed E-state index contributed by atoms with van der Waals surface area (Å²) in [6.45, 7) is 2.75. The van der Waals surface area contributed by atoms with E-state index in [0.29, 0.717) is 12.4 Å². The lowest BCUT2D eigenvalue weighted by Gasteiger charge is -2.35. The van der Waals surface area contributed by atoms with Gasteiger partial charge in [-0.05, 0) is 25.7 Å². The van der Waals surface area contributed by atoms with Gasteiger partial charge in [0.15, 0.2) is 0 Å². The Morgan fingerprint density at radius 2 is 2.33 bits per heavy atom. The highest BCUT2D eigenvalue weighted by molar-refractivity contribution is 5.99. The third-order valence-corrected chi connectivity index (χ3v) is 3.91. The molecule has 7 nitrogen and oxygen atoms in total. The van der Waals surface area contributed by atoms with E-state index in [1.165, 1.54) is 6.07 Å². The van der Waals surface area contributed by atoms with Crippen LogP contribution in [0.25, 0.3) is 0 Å². The molecule has 1 aromatic heterocycles. The fourth-order valence-corrected chi connectivity index (χ4v) is 2.76. The van der Waals surface area contributed by atoms with Crippen LogP contribution in [0, 0.1) is 10.1 Å². The summed E-state index contributed by atoms with van der Waals surface area (Å²) >= 11 is 0. The summed E-state index contributed by atoms with van der Waals surface area (Å²) in [6, 6.07) is 1.51. The number of likely N-dealkylation sites (tertiary alicyclic amines) is 1. The molecule has 1 aliphatic rings. The standard InChI is InChI=1S/C14H20N4O3/c1-3-10-6-4-5-7-17(10)14(19)12-8-11(18(20)21)9-16-13(12)15-2/h8-10H,3-7H2,1-2H3,(H,15,16). The van der Waals surface area contributed by atoms with Gasteiger partial charge in [0.2, 0.25) is 0 Å². The Labute approximate surface area is 123 Å². The molecule has 1 amide bonds. The number of nitro groups is 1. The molecule has 0 aromatic carbocycles. The van der Waals surface area contributed by atoms with E-state index in [1.807, 2.05) is 4.90 Å². The van der Waals surface area contributed by atoms with E-state index < -0.39 is 4.92 Å². The molecule has 1 saturated heterocycles. The second kappa shape index (κ2) is 6.51. The van der Waals surface area contributed by atoms with Gasteiger partial charge in [0, 0.05) is 25.7 Å². The van der Waals surface area contributed by atoms with E-state index in [0.717, 1.165) is 31.9 Å². The first kappa shape index (κ1) is 15.2. The molecule has 7 heteroatoms. The van der Waals surface area contributed by atoms with Crippen LogP contribution in [0.3, 0.4) is 0 Å². The van der Waals surface area contributed by atoms with Gasteiger partial charge in [-0.2, -0.15) is 0 Å². The predicted molar refractivity (Wildman–Crippen MR) is 79.4 cm³/mol. The number of nitrogens with one attached hydrogen (secondary N) is 1. The quantitative estimate of drug-likeness (QED) is 0.680. The summed E-state index contributed by atoms with van der Waals surface area (Å²) in [6.07, 6.45) is 5.13. The van der Waals surface area contributed by atoms with Crippen molar-refractivity contribution in [3.05, 3.63) is 27.9 Å². The van der Waals surface area contributed by atoms with Crippen LogP contribution in [0.1, 0.15) is 43.0 Å². The Balaban J connectivity index is 2.36. The minimum absolute atomic E-state index is 0.164. The molecular formula is C14H20N4O3. The maximum absolute atomic E-state index is 12.7. The van der Waals surface area contributed by atoms with Crippen molar-refractivity contribution < 1.29 is 9.72 Å². The average Bonchev–Trinajstić information content (AvgIpc) is 2.53. The molecule has 2 rings (SSSR count). The van der Waals surface area contributed by atoms with Crippen molar-refractivity contribution in [1.29, 1.82) is 0 Å². The van der Waals surface area contributed by atoms with Crippen LogP contribution < -0.4 is 5.32 Å². The number of pyridine rings is 1. The zero-order chi connectivity index (χ0) is 15.4. The first-order valence-corrected chi connectivity index (χ1v) is 7.21. The molecule has 1 fully saturated rings. The molecule has 1 atom stereocenters. The topological polar surface area (TPSA) is 88.4 Å². The number of hydrogen-bond acceptors (Lipinski definition) is 5. The van der Waals surface area contributed by atoms with Crippen LogP contribution in [0.15, 0.2) is 12.3 Å². The maximum atomic E-state index is 12.7. The minimum atomic E-state index is -0.531. The molecule has 21 heavy (non-hydrogen) atoms. The van der Waals surface area contributed by atoms with Crippen LogP contribution in [-0.4, -0.2) is 40.3 Å². The summed E-state index contributed by atoms with van der Waals surface area (Å²) in [5, 5.41) is 13.7. The van der Waals surface area contributed by atoms with Gasteiger partial charge in [0.05, 0.1) is 10.5 Å². The van der Waals surface area contributed by atoms with Crippen LogP contribution in [0.4, 0.5) is 11.5 Å². The molecule has 0 radical (unpaired) electrons. The third-order valence-electron chi connectivity index (χ3n) is 3.91. The number of carbonyl (C=O) groups excluding carboxylic acids is 1. The second-order valence-electron chi connectivity index (χ2n) is 5.15. The predicted octanol–water partition coefficient (Wildman–Crippen LogP) is 2.44. The van der Waals surface area contributed by atoms with Gasteiger partial charge in [-0.15, -0.1) is 0 Å². The number of nitrogens with zero attached hydrogens (tertiary/aromatic N) is 3. The first-order valence-electron chi connectivity index (χ1n) is 7.21. The van der Waals surface area contributed by atoms with Gasteiger partial charge in [0.1, 0.15) is 12.0 Å². The Morgan fingerprint density at radius 3 is 2.95 bits per heavy atom. The number of amides is 1. The molecule has 0 spiro atoms. The van der Waals surface area contributed by atoms with Crippen molar-refractivity contribution in [2.24, 2.45) is 0 Å². The van der Waals surface area contributed by atoms with Crippen molar-refractivity contribution >= 4 is 17.4 Å². The van der Waals surface area contributed by atoms with Crippen molar-refractivity contribution in [3.63, 3.8) is 0 Å². The number of anilines is 1. The largest absolute Gasteiger partial charge is 0.372 e. The van der Waals surface area contributed by atoms with Gasteiger partial charge in [-0.1, -0.05) is 6.92 Å². The Morgan fingerprint density at radius 1 is 1.57 bits per heavy atom. The number of aromatic nitrogens is 1. The molecule has 2 heterocycles. The molecule has 114 valence electrons. The summed E-state index contributed by atoms with van der Waals surface area (Å²) in [4.78, 5) is 28.9.